The average Bonchev–Trinajstić information content (AvgIpc) is 3.15. The zero-order chi connectivity index (χ0) is 22.3. The molecule has 0 fully saturated rings. The zero-order valence-corrected chi connectivity index (χ0v) is 17.0. The summed E-state index contributed by atoms with van der Waals surface area (Å²) >= 11 is 5.75. The molecule has 0 aliphatic carbocycles. The van der Waals surface area contributed by atoms with Gasteiger partial charge in [0, 0.05) is 36.0 Å². The molecule has 1 aromatic carbocycles. The van der Waals surface area contributed by atoms with Crippen LogP contribution in [-0.4, -0.2) is 33.0 Å². The van der Waals surface area contributed by atoms with Crippen LogP contribution in [-0.2, 0) is 12.6 Å². The van der Waals surface area contributed by atoms with Gasteiger partial charge in [-0.1, -0.05) is 11.6 Å². The minimum atomic E-state index is -4.46. The maximum absolute atomic E-state index is 13.2. The van der Waals surface area contributed by atoms with Gasteiger partial charge in [-0.15, -0.1) is 0 Å². The number of aromatic nitrogens is 3. The number of carbonyl (C=O) groups excluding carboxylic acids is 2. The summed E-state index contributed by atoms with van der Waals surface area (Å²) in [7, 11) is 0. The van der Waals surface area contributed by atoms with Crippen molar-refractivity contribution in [1.29, 1.82) is 0 Å². The van der Waals surface area contributed by atoms with E-state index < -0.39 is 17.6 Å². The quantitative estimate of drug-likeness (QED) is 0.432. The van der Waals surface area contributed by atoms with Crippen LogP contribution in [0.3, 0.4) is 0 Å². The molecular weight excluding hydrogens is 433 g/mol. The van der Waals surface area contributed by atoms with Gasteiger partial charge in [0.1, 0.15) is 10.8 Å². The number of hydrogen-bond donors (Lipinski definition) is 0. The van der Waals surface area contributed by atoms with E-state index in [0.717, 1.165) is 12.1 Å². The van der Waals surface area contributed by atoms with Crippen LogP contribution in [0.4, 0.5) is 18.9 Å². The summed E-state index contributed by atoms with van der Waals surface area (Å²) in [5, 5.41) is 4.51. The van der Waals surface area contributed by atoms with Crippen molar-refractivity contribution in [1.82, 2.24) is 14.8 Å². The first-order valence-corrected chi connectivity index (χ1v) is 9.73. The van der Waals surface area contributed by atoms with E-state index in [1.54, 1.807) is 10.7 Å². The Morgan fingerprint density at radius 1 is 1.16 bits per heavy atom. The molecule has 0 N–H and O–H groups in total. The number of nitrogens with zero attached hydrogens (tertiary/aromatic N) is 4. The lowest BCUT2D eigenvalue weighted by molar-refractivity contribution is -0.137. The van der Waals surface area contributed by atoms with Gasteiger partial charge in [0.25, 0.3) is 5.91 Å². The predicted octanol–water partition coefficient (Wildman–Crippen LogP) is 4.60. The molecule has 1 aliphatic heterocycles. The second-order valence-corrected chi connectivity index (χ2v) is 7.63. The number of rotatable bonds is 4. The molecule has 0 saturated carbocycles. The molecule has 0 unspecified atom stereocenters. The van der Waals surface area contributed by atoms with Gasteiger partial charge in [0.05, 0.1) is 17.8 Å². The van der Waals surface area contributed by atoms with Crippen molar-refractivity contribution in [2.24, 2.45) is 0 Å². The highest BCUT2D eigenvalue weighted by Crippen LogP contribution is 2.33. The molecule has 3 heterocycles. The average molecular weight is 449 g/mol. The van der Waals surface area contributed by atoms with E-state index in [9.17, 15) is 22.8 Å². The molecule has 31 heavy (non-hydrogen) atoms. The maximum atomic E-state index is 13.2. The summed E-state index contributed by atoms with van der Waals surface area (Å²) in [5.41, 5.74) is 0.584. The lowest BCUT2D eigenvalue weighted by Gasteiger charge is -2.32. The van der Waals surface area contributed by atoms with Gasteiger partial charge in [0.15, 0.2) is 5.78 Å². The van der Waals surface area contributed by atoms with Crippen molar-refractivity contribution in [3.63, 3.8) is 0 Å². The summed E-state index contributed by atoms with van der Waals surface area (Å²) in [4.78, 5) is 31.1. The number of fused-ring (bicyclic) bond motifs is 1. The molecule has 0 bridgehead atoms. The monoisotopic (exact) mass is 448 g/mol. The third-order valence-corrected chi connectivity index (χ3v) is 5.31. The molecule has 1 amide bonds. The molecule has 0 spiro atoms. The van der Waals surface area contributed by atoms with Gasteiger partial charge >= 0.3 is 6.18 Å². The van der Waals surface area contributed by atoms with Crippen molar-refractivity contribution in [2.75, 3.05) is 11.4 Å². The largest absolute Gasteiger partial charge is 0.416 e. The van der Waals surface area contributed by atoms with Crippen molar-refractivity contribution < 1.29 is 22.8 Å². The Morgan fingerprint density at radius 2 is 1.87 bits per heavy atom. The second-order valence-electron chi connectivity index (χ2n) is 7.24. The standard InChI is InChI=1S/C21H16ClF3N4O2/c1-12-11-28(16-5-3-15(4-6-16)21(23,24)25)20(31)19-14(10-27-29(12)19)8-17(30)13-2-7-18(22)26-9-13/h2-7,9-10,12H,8,11H2,1H3/t12-/m0/s1. The number of benzene rings is 1. The molecule has 1 aliphatic rings. The molecule has 0 saturated heterocycles. The lowest BCUT2D eigenvalue weighted by atomic mass is 10.0. The highest BCUT2D eigenvalue weighted by molar-refractivity contribution is 6.29. The SMILES string of the molecule is C[C@H]1CN(c2ccc(C(F)(F)F)cc2)C(=O)c2c(CC(=O)c3ccc(Cl)nc3)cnn21. The predicted molar refractivity (Wildman–Crippen MR) is 107 cm³/mol. The minimum absolute atomic E-state index is 0.0715. The van der Waals surface area contributed by atoms with E-state index in [4.69, 9.17) is 11.6 Å². The molecular formula is C21H16ClF3N4O2. The fourth-order valence-corrected chi connectivity index (χ4v) is 3.63. The van der Waals surface area contributed by atoms with Crippen LogP contribution in [0.15, 0.2) is 48.8 Å². The van der Waals surface area contributed by atoms with E-state index in [-0.39, 0.29) is 35.6 Å². The lowest BCUT2D eigenvalue weighted by Crippen LogP contribution is -2.43. The van der Waals surface area contributed by atoms with E-state index in [2.05, 4.69) is 10.1 Å². The number of halogens is 4. The van der Waals surface area contributed by atoms with Crippen LogP contribution in [0.1, 0.15) is 44.9 Å². The molecule has 0 radical (unpaired) electrons. The van der Waals surface area contributed by atoms with Crippen molar-refractivity contribution in [3.8, 4) is 0 Å². The molecule has 160 valence electrons. The summed E-state index contributed by atoms with van der Waals surface area (Å²) < 4.78 is 40.1. The number of hydrogen-bond acceptors (Lipinski definition) is 4. The maximum Gasteiger partial charge on any atom is 0.416 e. The summed E-state index contributed by atoms with van der Waals surface area (Å²) in [5.74, 6) is -0.681. The number of anilines is 1. The second kappa shape index (κ2) is 7.81. The smallest absolute Gasteiger partial charge is 0.305 e. The van der Waals surface area contributed by atoms with E-state index >= 15 is 0 Å². The third-order valence-electron chi connectivity index (χ3n) is 5.09. The number of amides is 1. The Labute approximate surface area is 180 Å². The molecule has 6 nitrogen and oxygen atoms in total. The fourth-order valence-electron chi connectivity index (χ4n) is 3.52. The topological polar surface area (TPSA) is 68.1 Å². The first kappa shape index (κ1) is 21.0. The van der Waals surface area contributed by atoms with E-state index in [1.165, 1.54) is 35.5 Å². The van der Waals surface area contributed by atoms with Crippen molar-refractivity contribution >= 4 is 29.0 Å². The normalized spacial score (nSPS) is 16.4. The minimum Gasteiger partial charge on any atom is -0.305 e. The number of pyridine rings is 1. The zero-order valence-electron chi connectivity index (χ0n) is 16.2. The van der Waals surface area contributed by atoms with Crippen molar-refractivity contribution in [3.05, 3.63) is 76.3 Å². The molecule has 10 heteroatoms. The fraction of sp³-hybridized carbons (Fsp3) is 0.238. The first-order valence-electron chi connectivity index (χ1n) is 9.35. The highest BCUT2D eigenvalue weighted by atomic mass is 35.5. The van der Waals surface area contributed by atoms with Gasteiger partial charge < -0.3 is 4.90 Å². The van der Waals surface area contributed by atoms with E-state index in [1.807, 2.05) is 6.92 Å². The molecule has 4 rings (SSSR count). The number of alkyl halides is 3. The van der Waals surface area contributed by atoms with Crippen LogP contribution in [0.5, 0.6) is 0 Å². The molecule has 3 aromatic rings. The summed E-state index contributed by atoms with van der Waals surface area (Å²) in [6, 6.07) is 7.24. The van der Waals surface area contributed by atoms with Gasteiger partial charge in [-0.05, 0) is 43.3 Å². The summed E-state index contributed by atoms with van der Waals surface area (Å²) in [6.45, 7) is 2.09. The molecule has 1 atom stereocenters. The van der Waals surface area contributed by atoms with Gasteiger partial charge in [-0.25, -0.2) is 4.98 Å². The first-order chi connectivity index (χ1) is 14.6. The highest BCUT2D eigenvalue weighted by Gasteiger charge is 2.35. The number of ketones is 1. The Hall–Kier alpha value is -3.20. The van der Waals surface area contributed by atoms with Gasteiger partial charge in [-0.2, -0.15) is 18.3 Å². The van der Waals surface area contributed by atoms with Crippen molar-refractivity contribution in [2.45, 2.75) is 25.6 Å². The number of Topliss-reactive ketones (excluding diaryl/α,β-unsaturated/α-hetero) is 1. The van der Waals surface area contributed by atoms with Crippen LogP contribution < -0.4 is 4.90 Å². The van der Waals surface area contributed by atoms with Crippen LogP contribution in [0.25, 0.3) is 0 Å². The third kappa shape index (κ3) is 4.05. The Bertz CT molecular complexity index is 1140. The van der Waals surface area contributed by atoms with Crippen LogP contribution in [0.2, 0.25) is 5.15 Å². The summed E-state index contributed by atoms with van der Waals surface area (Å²) in [6.07, 6.45) is -1.70. The van der Waals surface area contributed by atoms with Gasteiger partial charge in [-0.3, -0.25) is 14.3 Å². The Balaban J connectivity index is 1.62. The van der Waals surface area contributed by atoms with Crippen LogP contribution >= 0.6 is 11.6 Å². The Morgan fingerprint density at radius 3 is 2.48 bits per heavy atom. The number of carbonyl (C=O) groups is 2. The van der Waals surface area contributed by atoms with E-state index in [0.29, 0.717) is 16.8 Å². The Kier molecular flexibility index (Phi) is 5.30. The van der Waals surface area contributed by atoms with Crippen LogP contribution in [0, 0.1) is 0 Å². The molecule has 2 aromatic heterocycles. The van der Waals surface area contributed by atoms with Gasteiger partial charge in [0.2, 0.25) is 0 Å².